The molecule has 0 amide bonds. The van der Waals surface area contributed by atoms with Gasteiger partial charge in [-0.25, -0.2) is 15.0 Å². The first-order valence-corrected chi connectivity index (χ1v) is 23.9. The second kappa shape index (κ2) is 16.4. The molecule has 0 saturated carbocycles. The molecule has 11 aromatic rings. The minimum atomic E-state index is -2.99. The predicted octanol–water partition coefficient (Wildman–Crippen LogP) is 11.6. The van der Waals surface area contributed by atoms with Crippen LogP contribution in [0, 0.1) is 13.8 Å². The first kappa shape index (κ1) is 38.9. The van der Waals surface area contributed by atoms with E-state index in [2.05, 4.69) is 213 Å². The van der Waals surface area contributed by atoms with Crippen LogP contribution in [0.3, 0.4) is 0 Å². The van der Waals surface area contributed by atoms with Crippen molar-refractivity contribution in [2.24, 2.45) is 0 Å². The van der Waals surface area contributed by atoms with Crippen LogP contribution in [0.25, 0.3) is 72.8 Å². The maximum atomic E-state index is 5.40. The van der Waals surface area contributed by atoms with Crippen molar-refractivity contribution < 1.29 is 0 Å². The van der Waals surface area contributed by atoms with Gasteiger partial charge in [-0.2, -0.15) is 0 Å². The molecule has 0 aliphatic carbocycles. The third kappa shape index (κ3) is 6.74. The number of aryl methyl sites for hydroxylation is 2. The lowest BCUT2D eigenvalue weighted by molar-refractivity contribution is 1.07. The SMILES string of the molecule is Cc1ccc2c(c1)c1cc(C)ccc1n2-c1ccc(-c2ccccc2[Si](c2ccccc2)(c2ccccc2)c2ccccc2)c(-c2nc(-c3ccccc3)nc(-c3ccccc3)n2)c1. The van der Waals surface area contributed by atoms with Gasteiger partial charge >= 0.3 is 0 Å². The number of aromatic nitrogens is 4. The number of hydrogen-bond donors (Lipinski definition) is 0. The van der Waals surface area contributed by atoms with E-state index in [1.165, 1.54) is 42.6 Å². The molecular formula is C59H44N4Si. The lowest BCUT2D eigenvalue weighted by Crippen LogP contribution is -2.75. The lowest BCUT2D eigenvalue weighted by atomic mass is 9.97. The number of fused-ring (bicyclic) bond motifs is 3. The Kier molecular flexibility index (Phi) is 9.95. The number of benzene rings is 9. The maximum Gasteiger partial charge on any atom is 0.180 e. The van der Waals surface area contributed by atoms with Gasteiger partial charge in [0.25, 0.3) is 0 Å². The highest BCUT2D eigenvalue weighted by molar-refractivity contribution is 7.20. The summed E-state index contributed by atoms with van der Waals surface area (Å²) in [5, 5.41) is 7.69. The van der Waals surface area contributed by atoms with Crippen LogP contribution in [0.5, 0.6) is 0 Å². The Hall–Kier alpha value is -7.99. The molecule has 0 unspecified atom stereocenters. The highest BCUT2D eigenvalue weighted by Gasteiger charge is 2.43. The summed E-state index contributed by atoms with van der Waals surface area (Å²) in [5.74, 6) is 1.86. The Balaban J connectivity index is 1.26. The van der Waals surface area contributed by atoms with Crippen LogP contribution in [0.15, 0.2) is 231 Å². The largest absolute Gasteiger partial charge is 0.309 e. The van der Waals surface area contributed by atoms with Crippen molar-refractivity contribution in [3.63, 3.8) is 0 Å². The molecule has 2 heterocycles. The van der Waals surface area contributed by atoms with Crippen molar-refractivity contribution in [2.45, 2.75) is 13.8 Å². The minimum Gasteiger partial charge on any atom is -0.309 e. The van der Waals surface area contributed by atoms with Gasteiger partial charge in [-0.3, -0.25) is 0 Å². The van der Waals surface area contributed by atoms with E-state index < -0.39 is 8.07 Å². The summed E-state index contributed by atoms with van der Waals surface area (Å²) in [6.45, 7) is 4.34. The summed E-state index contributed by atoms with van der Waals surface area (Å²) in [6.07, 6.45) is 0. The highest BCUT2D eigenvalue weighted by Crippen LogP contribution is 2.38. The summed E-state index contributed by atoms with van der Waals surface area (Å²) in [4.78, 5) is 15.9. The molecule has 0 aliphatic rings. The smallest absolute Gasteiger partial charge is 0.180 e. The summed E-state index contributed by atoms with van der Waals surface area (Å²) >= 11 is 0. The van der Waals surface area contributed by atoms with E-state index in [1.54, 1.807) is 0 Å². The molecule has 5 heteroatoms. The molecule has 0 bridgehead atoms. The van der Waals surface area contributed by atoms with Gasteiger partial charge in [0.1, 0.15) is 0 Å². The first-order valence-electron chi connectivity index (χ1n) is 21.9. The normalized spacial score (nSPS) is 11.6. The summed E-state index contributed by atoms with van der Waals surface area (Å²) in [7, 11) is -2.99. The molecule has 9 aromatic carbocycles. The molecule has 304 valence electrons. The second-order valence-corrected chi connectivity index (χ2v) is 20.3. The molecule has 64 heavy (non-hydrogen) atoms. The highest BCUT2D eigenvalue weighted by atomic mass is 28.3. The quantitative estimate of drug-likeness (QED) is 0.107. The lowest BCUT2D eigenvalue weighted by Gasteiger charge is -2.36. The standard InChI is InChI=1S/C59H44N4Si/c1-41-32-36-54-51(38-41)52-39-42(2)33-37-55(52)63(54)45-34-35-49(53(40-45)59-61-57(43-20-8-3-9-21-43)60-58(62-59)44-22-10-4-11-23-44)50-30-18-19-31-56(50)64(46-24-12-5-13-25-46,47-26-14-6-15-27-47)48-28-16-7-17-29-48/h3-40H,1-2H3. The van der Waals surface area contributed by atoms with Crippen LogP contribution >= 0.6 is 0 Å². The Morgan fingerprint density at radius 1 is 0.344 bits per heavy atom. The molecule has 11 rings (SSSR count). The zero-order valence-electron chi connectivity index (χ0n) is 35.7. The van der Waals surface area contributed by atoms with Crippen LogP contribution in [0.2, 0.25) is 0 Å². The molecule has 0 N–H and O–H groups in total. The van der Waals surface area contributed by atoms with Crippen molar-refractivity contribution in [1.29, 1.82) is 0 Å². The van der Waals surface area contributed by atoms with E-state index in [1.807, 2.05) is 36.4 Å². The molecule has 0 atom stereocenters. The van der Waals surface area contributed by atoms with Crippen LogP contribution < -0.4 is 20.7 Å². The molecular weight excluding hydrogens is 793 g/mol. The Morgan fingerprint density at radius 3 is 1.25 bits per heavy atom. The fourth-order valence-corrected chi connectivity index (χ4v) is 14.6. The zero-order chi connectivity index (χ0) is 43.0. The molecule has 0 aliphatic heterocycles. The number of nitrogens with zero attached hydrogens (tertiary/aromatic N) is 4. The molecule has 2 aromatic heterocycles. The van der Waals surface area contributed by atoms with E-state index in [-0.39, 0.29) is 0 Å². The third-order valence-corrected chi connectivity index (χ3v) is 17.4. The van der Waals surface area contributed by atoms with Gasteiger partial charge in [0.05, 0.1) is 11.0 Å². The molecule has 0 spiro atoms. The fourth-order valence-electron chi connectivity index (χ4n) is 9.63. The summed E-state index contributed by atoms with van der Waals surface area (Å²) < 4.78 is 2.40. The van der Waals surface area contributed by atoms with Gasteiger partial charge in [0.2, 0.25) is 0 Å². The second-order valence-electron chi connectivity index (χ2n) is 16.5. The van der Waals surface area contributed by atoms with Crippen LogP contribution in [0.4, 0.5) is 0 Å². The van der Waals surface area contributed by atoms with Gasteiger partial charge in [0.15, 0.2) is 25.5 Å². The Labute approximate surface area is 374 Å². The topological polar surface area (TPSA) is 43.6 Å². The van der Waals surface area contributed by atoms with Gasteiger partial charge in [-0.05, 0) is 82.1 Å². The maximum absolute atomic E-state index is 5.40. The van der Waals surface area contributed by atoms with E-state index in [9.17, 15) is 0 Å². The number of rotatable bonds is 9. The van der Waals surface area contributed by atoms with Crippen LogP contribution in [-0.2, 0) is 0 Å². The van der Waals surface area contributed by atoms with Gasteiger partial charge < -0.3 is 4.57 Å². The Morgan fingerprint density at radius 2 is 0.766 bits per heavy atom. The van der Waals surface area contributed by atoms with Crippen LogP contribution in [0.1, 0.15) is 11.1 Å². The molecule has 0 saturated heterocycles. The molecule has 0 fully saturated rings. The van der Waals surface area contributed by atoms with Crippen LogP contribution in [-0.4, -0.2) is 27.6 Å². The van der Waals surface area contributed by atoms with Crippen molar-refractivity contribution in [1.82, 2.24) is 19.5 Å². The van der Waals surface area contributed by atoms with Crippen molar-refractivity contribution in [3.8, 4) is 51.0 Å². The summed E-state index contributed by atoms with van der Waals surface area (Å²) in [6, 6.07) is 83.4. The van der Waals surface area contributed by atoms with Gasteiger partial charge in [-0.1, -0.05) is 205 Å². The number of hydrogen-bond acceptors (Lipinski definition) is 3. The van der Waals surface area contributed by atoms with Crippen molar-refractivity contribution in [3.05, 3.63) is 242 Å². The monoisotopic (exact) mass is 836 g/mol. The minimum absolute atomic E-state index is 0.609. The van der Waals surface area contributed by atoms with Crippen molar-refractivity contribution >= 4 is 50.6 Å². The third-order valence-electron chi connectivity index (χ3n) is 12.5. The zero-order valence-corrected chi connectivity index (χ0v) is 36.7. The first-order chi connectivity index (χ1) is 31.6. The average Bonchev–Trinajstić information content (AvgIpc) is 3.68. The predicted molar refractivity (Wildman–Crippen MR) is 269 cm³/mol. The van der Waals surface area contributed by atoms with Gasteiger partial charge in [-0.15, -0.1) is 0 Å². The average molecular weight is 837 g/mol. The van der Waals surface area contributed by atoms with E-state index in [0.29, 0.717) is 17.5 Å². The van der Waals surface area contributed by atoms with E-state index >= 15 is 0 Å². The Bertz CT molecular complexity index is 3230. The van der Waals surface area contributed by atoms with Gasteiger partial charge in [0, 0.05) is 33.2 Å². The van der Waals surface area contributed by atoms with E-state index in [4.69, 9.17) is 15.0 Å². The molecule has 0 radical (unpaired) electrons. The molecule has 4 nitrogen and oxygen atoms in total. The van der Waals surface area contributed by atoms with Crippen molar-refractivity contribution in [2.75, 3.05) is 0 Å². The fraction of sp³-hybridized carbons (Fsp3) is 0.0339. The van der Waals surface area contributed by atoms with E-state index in [0.717, 1.165) is 44.5 Å². The summed E-state index contributed by atoms with van der Waals surface area (Å²) in [5.41, 5.74) is 10.8.